The van der Waals surface area contributed by atoms with Gasteiger partial charge in [0.25, 0.3) is 5.82 Å². The largest absolute Gasteiger partial charge is 0.506 e. The molecule has 0 atom stereocenters. The zero-order valence-electron chi connectivity index (χ0n) is 22.8. The smallest absolute Gasteiger partial charge is 0.283 e. The molecule has 2 N–H and O–H groups in total. The number of aromatic nitrogens is 2. The van der Waals surface area contributed by atoms with Crippen LogP contribution in [0.15, 0.2) is 108 Å². The number of para-hydroxylation sites is 4. The molecule has 0 radical (unpaired) electrons. The van der Waals surface area contributed by atoms with Crippen LogP contribution in [0.4, 0.5) is 11.4 Å². The van der Waals surface area contributed by atoms with Crippen LogP contribution >= 0.6 is 0 Å². The zero-order valence-corrected chi connectivity index (χ0v) is 22.8. The highest BCUT2D eigenvalue weighted by molar-refractivity contribution is 6.23. The van der Waals surface area contributed by atoms with Crippen molar-refractivity contribution in [3.05, 3.63) is 119 Å². The first-order valence-electron chi connectivity index (χ1n) is 13.8. The Morgan fingerprint density at radius 1 is 0.825 bits per heavy atom. The third-order valence-electron chi connectivity index (χ3n) is 7.72. The number of imidazole rings is 1. The molecular weight excluding hydrogens is 500 g/mol. The van der Waals surface area contributed by atoms with Crippen molar-refractivity contribution in [1.29, 1.82) is 0 Å². The number of aryl methyl sites for hydroxylation is 1. The topological polar surface area (TPSA) is 72.8 Å². The van der Waals surface area contributed by atoms with Crippen molar-refractivity contribution < 1.29 is 19.6 Å². The molecule has 3 aromatic carbocycles. The van der Waals surface area contributed by atoms with Gasteiger partial charge in [0.1, 0.15) is 18.1 Å². The molecule has 2 heterocycles. The van der Waals surface area contributed by atoms with E-state index < -0.39 is 0 Å². The predicted octanol–water partition coefficient (Wildman–Crippen LogP) is 4.96. The van der Waals surface area contributed by atoms with Crippen molar-refractivity contribution in [2.24, 2.45) is 0 Å². The van der Waals surface area contributed by atoms with Gasteiger partial charge >= 0.3 is 0 Å². The van der Waals surface area contributed by atoms with Crippen molar-refractivity contribution in [3.63, 3.8) is 0 Å². The van der Waals surface area contributed by atoms with E-state index in [1.165, 1.54) is 0 Å². The lowest BCUT2D eigenvalue weighted by molar-refractivity contribution is -0.665. The monoisotopic (exact) mass is 533 g/mol. The molecule has 0 spiro atoms. The number of rotatable bonds is 8. The van der Waals surface area contributed by atoms with Gasteiger partial charge in [0, 0.05) is 19.2 Å². The molecule has 0 bridgehead atoms. The predicted molar refractivity (Wildman–Crippen MR) is 158 cm³/mol. The van der Waals surface area contributed by atoms with E-state index in [1.807, 2.05) is 72.5 Å². The van der Waals surface area contributed by atoms with Crippen molar-refractivity contribution in [2.45, 2.75) is 26.9 Å². The second-order valence-electron chi connectivity index (χ2n) is 9.92. The summed E-state index contributed by atoms with van der Waals surface area (Å²) in [7, 11) is 0. The molecule has 0 fully saturated rings. The van der Waals surface area contributed by atoms with E-state index in [-0.39, 0.29) is 23.7 Å². The molecule has 0 saturated heterocycles. The second-order valence-corrected chi connectivity index (χ2v) is 9.92. The van der Waals surface area contributed by atoms with E-state index in [1.54, 1.807) is 6.08 Å². The van der Waals surface area contributed by atoms with Gasteiger partial charge in [-0.3, -0.25) is 4.79 Å². The Labute approximate surface area is 233 Å². The van der Waals surface area contributed by atoms with Gasteiger partial charge in [-0.25, -0.2) is 9.13 Å². The summed E-state index contributed by atoms with van der Waals surface area (Å²) in [6.45, 7) is 6.54. The van der Waals surface area contributed by atoms with E-state index >= 15 is 0 Å². The lowest BCUT2D eigenvalue weighted by Crippen LogP contribution is -2.38. The number of aliphatic hydroxyl groups excluding tert-OH is 2. The number of benzene rings is 3. The second kappa shape index (κ2) is 10.5. The molecule has 202 valence electrons. The van der Waals surface area contributed by atoms with Crippen molar-refractivity contribution >= 4 is 34.3 Å². The van der Waals surface area contributed by atoms with Crippen LogP contribution in [-0.4, -0.2) is 40.3 Å². The molecule has 6 rings (SSSR count). The number of carbonyl (C=O) groups excluding carboxylic acids is 1. The minimum absolute atomic E-state index is 0.00683. The number of Topliss-reactive ketones (excluding diaryl/α,β-unsaturated/α-hetero) is 1. The third kappa shape index (κ3) is 4.10. The molecule has 40 heavy (non-hydrogen) atoms. The van der Waals surface area contributed by atoms with Crippen LogP contribution in [0.3, 0.4) is 0 Å². The normalized spacial score (nSPS) is 16.9. The van der Waals surface area contributed by atoms with E-state index in [0.29, 0.717) is 25.2 Å². The Morgan fingerprint density at radius 2 is 1.50 bits per heavy atom. The van der Waals surface area contributed by atoms with Crippen molar-refractivity contribution in [2.75, 3.05) is 29.5 Å². The zero-order chi connectivity index (χ0) is 27.8. The molecule has 1 aromatic heterocycles. The van der Waals surface area contributed by atoms with Crippen LogP contribution in [0.5, 0.6) is 0 Å². The maximum absolute atomic E-state index is 13.5. The van der Waals surface area contributed by atoms with E-state index in [4.69, 9.17) is 0 Å². The average Bonchev–Trinajstić information content (AvgIpc) is 3.46. The minimum Gasteiger partial charge on any atom is -0.506 e. The molecule has 1 aliphatic carbocycles. The summed E-state index contributed by atoms with van der Waals surface area (Å²) in [5.74, 6) is 1.43. The fourth-order valence-corrected chi connectivity index (χ4v) is 5.84. The SMILES string of the molecule is CCN1C(=CC2=C(O)C(=Cc3n(CC)c4ccccc4[n+]3Cc3ccccc3)C2=O)N(CCO)c2ccccc21. The number of allylic oxidation sites excluding steroid dienone is 3. The van der Waals surface area contributed by atoms with Gasteiger partial charge in [0.15, 0.2) is 11.0 Å². The van der Waals surface area contributed by atoms with Gasteiger partial charge in [-0.05, 0) is 49.8 Å². The summed E-state index contributed by atoms with van der Waals surface area (Å²) in [4.78, 5) is 17.6. The van der Waals surface area contributed by atoms with Crippen LogP contribution < -0.4 is 14.4 Å². The molecule has 2 aliphatic rings. The van der Waals surface area contributed by atoms with Crippen LogP contribution in [0.1, 0.15) is 25.2 Å². The number of β-amino-alcohol motifs (C(OH)–C–C–N with tert-alkyl or cyclic N) is 1. The number of aliphatic hydroxyl groups is 2. The minimum atomic E-state index is -0.194. The summed E-state index contributed by atoms with van der Waals surface area (Å²) >= 11 is 0. The lowest BCUT2D eigenvalue weighted by atomic mass is 9.87. The van der Waals surface area contributed by atoms with E-state index in [9.17, 15) is 15.0 Å². The number of anilines is 2. The summed E-state index contributed by atoms with van der Waals surface area (Å²) in [6.07, 6.45) is 3.57. The van der Waals surface area contributed by atoms with E-state index in [0.717, 1.165) is 46.2 Å². The molecule has 0 saturated carbocycles. The van der Waals surface area contributed by atoms with Crippen molar-refractivity contribution in [1.82, 2.24) is 4.57 Å². The van der Waals surface area contributed by atoms with Gasteiger partial charge in [-0.1, -0.05) is 54.6 Å². The Bertz CT molecular complexity index is 1700. The van der Waals surface area contributed by atoms with Gasteiger partial charge in [-0.2, -0.15) is 0 Å². The van der Waals surface area contributed by atoms with Gasteiger partial charge < -0.3 is 20.0 Å². The van der Waals surface area contributed by atoms with Crippen molar-refractivity contribution in [3.8, 4) is 0 Å². The molecule has 7 nitrogen and oxygen atoms in total. The fourth-order valence-electron chi connectivity index (χ4n) is 5.84. The number of hydrogen-bond donors (Lipinski definition) is 2. The standard InChI is InChI=1S/C33H32N4O3/c1-3-34-26-14-8-10-16-28(26)36(18-19-38)30(34)20-24-32(39)25(33(24)40)21-31-35(4-2)27-15-9-11-17-29(27)37(31)22-23-12-6-5-7-13-23/h5-17,20-21,38H,3-4,18-19,22H2,1-2H3/p+1. The number of nitrogens with zero attached hydrogens (tertiary/aromatic N) is 4. The Balaban J connectivity index is 1.44. The van der Waals surface area contributed by atoms with Gasteiger partial charge in [0.2, 0.25) is 5.78 Å². The quantitative estimate of drug-likeness (QED) is 0.248. The average molecular weight is 534 g/mol. The summed E-state index contributed by atoms with van der Waals surface area (Å²) in [5, 5.41) is 21.0. The number of ketones is 1. The summed E-state index contributed by atoms with van der Waals surface area (Å²) in [5.41, 5.74) is 5.87. The lowest BCUT2D eigenvalue weighted by Gasteiger charge is -2.26. The Morgan fingerprint density at radius 3 is 2.17 bits per heavy atom. The first kappa shape index (κ1) is 25.6. The van der Waals surface area contributed by atoms with Gasteiger partial charge in [0.05, 0.1) is 35.7 Å². The number of hydrogen-bond acceptors (Lipinski definition) is 5. The molecule has 4 aromatic rings. The first-order chi connectivity index (χ1) is 19.6. The van der Waals surface area contributed by atoms with Gasteiger partial charge in [-0.15, -0.1) is 0 Å². The Hall–Kier alpha value is -4.62. The number of carbonyl (C=O) groups is 1. The maximum Gasteiger partial charge on any atom is 0.283 e. The third-order valence-corrected chi connectivity index (χ3v) is 7.72. The molecule has 1 aliphatic heterocycles. The molecule has 7 heteroatoms. The molecule has 0 unspecified atom stereocenters. The fraction of sp³-hybridized carbons (Fsp3) is 0.212. The highest BCUT2D eigenvalue weighted by Gasteiger charge is 2.38. The van der Waals surface area contributed by atoms with Crippen LogP contribution in [-0.2, 0) is 17.9 Å². The first-order valence-corrected chi connectivity index (χ1v) is 13.8. The maximum atomic E-state index is 13.5. The molecule has 0 amide bonds. The summed E-state index contributed by atoms with van der Waals surface area (Å²) < 4.78 is 4.38. The van der Waals surface area contributed by atoms with E-state index in [2.05, 4.69) is 45.2 Å². The highest BCUT2D eigenvalue weighted by Crippen LogP contribution is 2.43. The number of fused-ring (bicyclic) bond motifs is 2. The van der Waals surface area contributed by atoms with Crippen LogP contribution in [0.2, 0.25) is 0 Å². The van der Waals surface area contributed by atoms with Crippen LogP contribution in [0, 0.1) is 0 Å². The Kier molecular flexibility index (Phi) is 6.74. The highest BCUT2D eigenvalue weighted by atomic mass is 16.3. The summed E-state index contributed by atoms with van der Waals surface area (Å²) in [6, 6.07) is 26.4. The van der Waals surface area contributed by atoms with Crippen LogP contribution in [0.25, 0.3) is 17.1 Å². The molecular formula is C33H33N4O3+.